The van der Waals surface area contributed by atoms with Crippen LogP contribution in [-0.2, 0) is 4.74 Å². The molecule has 20 heavy (non-hydrogen) atoms. The maximum Gasteiger partial charge on any atom is 0.360 e. The first-order valence-corrected chi connectivity index (χ1v) is 6.07. The first-order valence-electron chi connectivity index (χ1n) is 6.07. The van der Waals surface area contributed by atoms with Gasteiger partial charge in [-0.1, -0.05) is 6.07 Å². The fourth-order valence-electron chi connectivity index (χ4n) is 2.08. The van der Waals surface area contributed by atoms with Crippen LogP contribution in [-0.4, -0.2) is 29.7 Å². The number of nitrogens with two attached hydrogens (primary N) is 1. The van der Waals surface area contributed by atoms with Crippen LogP contribution in [0.4, 0.5) is 5.82 Å². The second kappa shape index (κ2) is 5.24. The summed E-state index contributed by atoms with van der Waals surface area (Å²) in [5.41, 5.74) is 7.93. The summed E-state index contributed by atoms with van der Waals surface area (Å²) in [6.45, 7) is 3.73. The molecule has 1 aromatic carbocycles. The molecular weight excluding hydrogens is 258 g/mol. The third-order valence-corrected chi connectivity index (χ3v) is 3.03. The molecule has 0 bridgehead atoms. The molecule has 0 saturated heterocycles. The largest absolute Gasteiger partial charge is 0.495 e. The van der Waals surface area contributed by atoms with Crippen LogP contribution >= 0.6 is 0 Å². The lowest BCUT2D eigenvalue weighted by Gasteiger charge is -2.13. The molecule has 0 aliphatic carbocycles. The monoisotopic (exact) mass is 275 g/mol. The zero-order valence-corrected chi connectivity index (χ0v) is 11.9. The van der Waals surface area contributed by atoms with E-state index in [1.165, 1.54) is 7.11 Å². The number of hydrogen-bond donors (Lipinski definition) is 1. The van der Waals surface area contributed by atoms with Gasteiger partial charge in [0.05, 0.1) is 19.9 Å². The number of nitrogens with zero attached hydrogens (tertiary/aromatic N) is 2. The number of carbonyl (C=O) groups excluding carboxylic acids is 1. The number of imidazole rings is 1. The zero-order valence-electron chi connectivity index (χ0n) is 11.9. The predicted molar refractivity (Wildman–Crippen MR) is 75.3 cm³/mol. The lowest BCUT2D eigenvalue weighted by molar-refractivity contribution is 0.0596. The molecule has 0 spiro atoms. The quantitative estimate of drug-likeness (QED) is 0.865. The number of anilines is 1. The van der Waals surface area contributed by atoms with Crippen LogP contribution in [0.5, 0.6) is 5.75 Å². The number of carbonyl (C=O) groups is 1. The van der Waals surface area contributed by atoms with Crippen LogP contribution in [0.15, 0.2) is 18.2 Å². The molecule has 2 aromatic rings. The normalized spacial score (nSPS) is 10.4. The molecule has 0 aliphatic rings. The van der Waals surface area contributed by atoms with Gasteiger partial charge in [-0.2, -0.15) is 0 Å². The van der Waals surface area contributed by atoms with Crippen molar-refractivity contribution in [3.05, 3.63) is 35.3 Å². The number of rotatable bonds is 3. The van der Waals surface area contributed by atoms with Gasteiger partial charge >= 0.3 is 5.97 Å². The Bertz CT molecular complexity index is 662. The predicted octanol–water partition coefficient (Wildman–Crippen LogP) is 1.87. The highest BCUT2D eigenvalue weighted by atomic mass is 16.5. The summed E-state index contributed by atoms with van der Waals surface area (Å²) in [7, 11) is 2.88. The van der Waals surface area contributed by atoms with Crippen molar-refractivity contribution < 1.29 is 14.3 Å². The fourth-order valence-corrected chi connectivity index (χ4v) is 2.08. The van der Waals surface area contributed by atoms with Gasteiger partial charge in [0, 0.05) is 0 Å². The van der Waals surface area contributed by atoms with Crippen molar-refractivity contribution in [3.63, 3.8) is 0 Å². The number of esters is 1. The minimum absolute atomic E-state index is 0.105. The van der Waals surface area contributed by atoms with Gasteiger partial charge < -0.3 is 15.2 Å². The first-order chi connectivity index (χ1) is 9.49. The molecule has 0 saturated carbocycles. The maximum atomic E-state index is 11.6. The summed E-state index contributed by atoms with van der Waals surface area (Å²) in [5.74, 6) is 0.917. The molecule has 106 valence electrons. The molecule has 0 atom stereocenters. The fraction of sp³-hybridized carbons (Fsp3) is 0.286. The van der Waals surface area contributed by atoms with Gasteiger partial charge in [0.1, 0.15) is 17.4 Å². The van der Waals surface area contributed by atoms with E-state index in [4.69, 9.17) is 10.5 Å². The molecule has 0 radical (unpaired) electrons. The number of hydrogen-bond acceptors (Lipinski definition) is 5. The van der Waals surface area contributed by atoms with Crippen molar-refractivity contribution in [2.24, 2.45) is 0 Å². The van der Waals surface area contributed by atoms with E-state index in [-0.39, 0.29) is 11.5 Å². The lowest BCUT2D eigenvalue weighted by Crippen LogP contribution is -2.08. The average molecular weight is 275 g/mol. The summed E-state index contributed by atoms with van der Waals surface area (Å²) in [5, 5.41) is 0. The molecule has 1 heterocycles. The SMILES string of the molecule is COC(=O)c1nc(C)n(-c2cc(C)ccc2OC)c1N. The van der Waals surface area contributed by atoms with Gasteiger partial charge in [0.15, 0.2) is 5.69 Å². The van der Waals surface area contributed by atoms with Gasteiger partial charge in [-0.15, -0.1) is 0 Å². The van der Waals surface area contributed by atoms with Gasteiger partial charge in [-0.3, -0.25) is 4.57 Å². The molecule has 1 aromatic heterocycles. The van der Waals surface area contributed by atoms with Crippen LogP contribution < -0.4 is 10.5 Å². The van der Waals surface area contributed by atoms with E-state index in [9.17, 15) is 4.79 Å². The van der Waals surface area contributed by atoms with Gasteiger partial charge in [0.25, 0.3) is 0 Å². The molecule has 6 nitrogen and oxygen atoms in total. The molecule has 6 heteroatoms. The van der Waals surface area contributed by atoms with E-state index in [0.29, 0.717) is 11.6 Å². The Balaban J connectivity index is 2.67. The third kappa shape index (κ3) is 2.20. The van der Waals surface area contributed by atoms with Crippen LogP contribution in [0.1, 0.15) is 21.9 Å². The number of nitrogen functional groups attached to an aromatic ring is 1. The molecule has 2 N–H and O–H groups in total. The topological polar surface area (TPSA) is 79.4 Å². The summed E-state index contributed by atoms with van der Waals surface area (Å²) in [4.78, 5) is 15.8. The Morgan fingerprint density at radius 3 is 2.60 bits per heavy atom. The molecule has 2 rings (SSSR count). The summed E-state index contributed by atoms with van der Waals surface area (Å²) in [6, 6.07) is 5.71. The second-order valence-electron chi connectivity index (χ2n) is 4.40. The Labute approximate surface area is 117 Å². The Morgan fingerprint density at radius 1 is 1.30 bits per heavy atom. The van der Waals surface area contributed by atoms with Crippen molar-refractivity contribution in [1.29, 1.82) is 0 Å². The van der Waals surface area contributed by atoms with Crippen LogP contribution in [0.25, 0.3) is 5.69 Å². The molecule has 0 unspecified atom stereocenters. The van der Waals surface area contributed by atoms with Crippen molar-refractivity contribution in [1.82, 2.24) is 9.55 Å². The summed E-state index contributed by atoms with van der Waals surface area (Å²) in [6.07, 6.45) is 0. The molecule has 0 fully saturated rings. The van der Waals surface area contributed by atoms with Crippen LogP contribution in [0, 0.1) is 13.8 Å². The lowest BCUT2D eigenvalue weighted by atomic mass is 10.2. The Morgan fingerprint density at radius 2 is 2.00 bits per heavy atom. The molecular formula is C14H17N3O3. The van der Waals surface area contributed by atoms with E-state index >= 15 is 0 Å². The summed E-state index contributed by atoms with van der Waals surface area (Å²) < 4.78 is 11.7. The highest BCUT2D eigenvalue weighted by Crippen LogP contribution is 2.29. The molecule has 0 aliphatic heterocycles. The van der Waals surface area contributed by atoms with E-state index in [1.807, 2.05) is 25.1 Å². The molecule has 0 amide bonds. The van der Waals surface area contributed by atoms with Gasteiger partial charge in [-0.25, -0.2) is 9.78 Å². The number of ether oxygens (including phenoxy) is 2. The van der Waals surface area contributed by atoms with Crippen LogP contribution in [0.3, 0.4) is 0 Å². The Kier molecular flexibility index (Phi) is 3.65. The van der Waals surface area contributed by atoms with E-state index in [0.717, 1.165) is 11.3 Å². The van der Waals surface area contributed by atoms with E-state index in [2.05, 4.69) is 9.72 Å². The average Bonchev–Trinajstić information content (AvgIpc) is 2.73. The van der Waals surface area contributed by atoms with Crippen LogP contribution in [0.2, 0.25) is 0 Å². The smallest absolute Gasteiger partial charge is 0.360 e. The van der Waals surface area contributed by atoms with Crippen molar-refractivity contribution >= 4 is 11.8 Å². The van der Waals surface area contributed by atoms with Crippen molar-refractivity contribution in [3.8, 4) is 11.4 Å². The highest BCUT2D eigenvalue weighted by molar-refractivity contribution is 5.92. The standard InChI is InChI=1S/C14H17N3O3/c1-8-5-6-11(19-3)10(7-8)17-9(2)16-12(13(17)15)14(18)20-4/h5-7H,15H2,1-4H3. The van der Waals surface area contributed by atoms with Crippen molar-refractivity contribution in [2.75, 3.05) is 20.0 Å². The number of benzene rings is 1. The summed E-state index contributed by atoms with van der Waals surface area (Å²) >= 11 is 0. The van der Waals surface area contributed by atoms with Gasteiger partial charge in [0.2, 0.25) is 0 Å². The van der Waals surface area contributed by atoms with E-state index < -0.39 is 5.97 Å². The Hall–Kier alpha value is -2.50. The number of aryl methyl sites for hydroxylation is 2. The second-order valence-corrected chi connectivity index (χ2v) is 4.40. The number of aromatic nitrogens is 2. The van der Waals surface area contributed by atoms with E-state index in [1.54, 1.807) is 18.6 Å². The minimum Gasteiger partial charge on any atom is -0.495 e. The van der Waals surface area contributed by atoms with Crippen molar-refractivity contribution in [2.45, 2.75) is 13.8 Å². The third-order valence-electron chi connectivity index (χ3n) is 3.03. The number of methoxy groups -OCH3 is 2. The highest BCUT2D eigenvalue weighted by Gasteiger charge is 2.21. The zero-order chi connectivity index (χ0) is 14.9. The van der Waals surface area contributed by atoms with Gasteiger partial charge in [-0.05, 0) is 31.5 Å². The maximum absolute atomic E-state index is 11.6. The minimum atomic E-state index is -0.559. The first kappa shape index (κ1) is 13.9.